The Morgan fingerprint density at radius 2 is 1.41 bits per heavy atom. The van der Waals surface area contributed by atoms with Crippen molar-refractivity contribution < 1.29 is 9.15 Å². The highest BCUT2D eigenvalue weighted by molar-refractivity contribution is 6.23. The Labute approximate surface area is 294 Å². The van der Waals surface area contributed by atoms with Gasteiger partial charge in [-0.1, -0.05) is 122 Å². The van der Waals surface area contributed by atoms with Gasteiger partial charge >= 0.3 is 0 Å². The number of nitrogens with zero attached hydrogens (tertiary/aromatic N) is 2. The fraction of sp³-hybridized carbons (Fsp3) is 0.106. The summed E-state index contributed by atoms with van der Waals surface area (Å²) in [6.45, 7) is 2.32. The zero-order chi connectivity index (χ0) is 33.6. The van der Waals surface area contributed by atoms with Crippen LogP contribution in [-0.4, -0.2) is 16.1 Å². The zero-order valence-electron chi connectivity index (χ0n) is 28.0. The van der Waals surface area contributed by atoms with Gasteiger partial charge in [0.1, 0.15) is 23.0 Å². The maximum atomic E-state index is 6.78. The first-order valence-corrected chi connectivity index (χ1v) is 17.8. The zero-order valence-corrected chi connectivity index (χ0v) is 28.0. The third-order valence-corrected chi connectivity index (χ3v) is 11.1. The first-order chi connectivity index (χ1) is 25.2. The van der Waals surface area contributed by atoms with Crippen LogP contribution in [0.5, 0.6) is 5.75 Å². The topological polar surface area (TPSA) is 48.2 Å². The van der Waals surface area contributed by atoms with Crippen LogP contribution in [0.25, 0.3) is 76.9 Å². The van der Waals surface area contributed by atoms with Gasteiger partial charge in [-0.2, -0.15) is 0 Å². The van der Waals surface area contributed by atoms with E-state index >= 15 is 0 Å². The van der Waals surface area contributed by atoms with Crippen molar-refractivity contribution in [3.63, 3.8) is 0 Å². The molecule has 11 rings (SSSR count). The fourth-order valence-electron chi connectivity index (χ4n) is 8.57. The van der Waals surface area contributed by atoms with Crippen LogP contribution in [0.3, 0.4) is 0 Å². The van der Waals surface area contributed by atoms with Crippen LogP contribution in [0.4, 0.5) is 0 Å². The Kier molecular flexibility index (Phi) is 6.09. The summed E-state index contributed by atoms with van der Waals surface area (Å²) < 4.78 is 13.3. The fourth-order valence-corrected chi connectivity index (χ4v) is 8.57. The number of para-hydroxylation sites is 1. The lowest BCUT2D eigenvalue weighted by atomic mass is 9.81. The van der Waals surface area contributed by atoms with Gasteiger partial charge in [-0.25, -0.2) is 4.98 Å². The lowest BCUT2D eigenvalue weighted by Crippen LogP contribution is -2.15. The predicted octanol–water partition coefficient (Wildman–Crippen LogP) is 12.0. The van der Waals surface area contributed by atoms with Crippen molar-refractivity contribution >= 4 is 65.7 Å². The summed E-state index contributed by atoms with van der Waals surface area (Å²) in [7, 11) is 0. The smallest absolute Gasteiger partial charge is 0.143 e. The van der Waals surface area contributed by atoms with Crippen molar-refractivity contribution in [3.8, 4) is 17.0 Å². The molecule has 2 aromatic heterocycles. The Hall–Kier alpha value is -6.26. The maximum absolute atomic E-state index is 6.78. The average Bonchev–Trinajstić information content (AvgIpc) is 3.77. The van der Waals surface area contributed by atoms with E-state index in [0.717, 1.165) is 83.9 Å². The lowest BCUT2D eigenvalue weighted by molar-refractivity contribution is 0.268. The summed E-state index contributed by atoms with van der Waals surface area (Å²) in [5.74, 6) is 1.40. The van der Waals surface area contributed by atoms with Gasteiger partial charge in [0.15, 0.2) is 0 Å². The first kappa shape index (κ1) is 28.6. The Balaban J connectivity index is 1.04. The second-order valence-electron chi connectivity index (χ2n) is 14.0. The molecule has 0 saturated heterocycles. The van der Waals surface area contributed by atoms with Crippen molar-refractivity contribution in [1.82, 2.24) is 9.97 Å². The molecule has 8 aromatic rings. The van der Waals surface area contributed by atoms with Gasteiger partial charge in [-0.15, -0.1) is 0 Å². The van der Waals surface area contributed by atoms with E-state index in [9.17, 15) is 0 Å². The highest BCUT2D eigenvalue weighted by Gasteiger charge is 2.38. The second-order valence-corrected chi connectivity index (χ2v) is 14.0. The van der Waals surface area contributed by atoms with E-state index in [2.05, 4.69) is 140 Å². The minimum absolute atomic E-state index is 0.0353. The summed E-state index contributed by atoms with van der Waals surface area (Å²) in [6, 6.07) is 36.4. The Morgan fingerprint density at radius 1 is 0.686 bits per heavy atom. The summed E-state index contributed by atoms with van der Waals surface area (Å²) in [6.07, 6.45) is 16.2. The van der Waals surface area contributed by atoms with Crippen LogP contribution in [0.2, 0.25) is 0 Å². The van der Waals surface area contributed by atoms with Crippen molar-refractivity contribution in [2.24, 2.45) is 5.92 Å². The largest absolute Gasteiger partial charge is 0.484 e. The Morgan fingerprint density at radius 3 is 2.25 bits per heavy atom. The SMILES string of the molecule is CC1CC=C(c2cccc(-c3cnc4c5ccccc5c5ccccc5c4n3)c2)C=C1c1cc2c(oc3ccccc32)c2c1OC1C=CC=CC21. The highest BCUT2D eigenvalue weighted by atomic mass is 16.5. The minimum Gasteiger partial charge on any atom is -0.484 e. The molecule has 0 N–H and O–H groups in total. The average molecular weight is 657 g/mol. The normalized spacial score (nSPS) is 19.4. The third-order valence-electron chi connectivity index (χ3n) is 11.1. The number of hydrogen-bond donors (Lipinski definition) is 0. The van der Waals surface area contributed by atoms with Gasteiger partial charge in [0, 0.05) is 38.2 Å². The van der Waals surface area contributed by atoms with Crippen LogP contribution in [0.15, 0.2) is 150 Å². The van der Waals surface area contributed by atoms with Crippen molar-refractivity contribution in [3.05, 3.63) is 162 Å². The molecule has 242 valence electrons. The molecule has 3 unspecified atom stereocenters. The van der Waals surface area contributed by atoms with Gasteiger partial charge in [-0.3, -0.25) is 4.98 Å². The lowest BCUT2D eigenvalue weighted by Gasteiger charge is -2.23. The molecule has 4 heteroatoms. The van der Waals surface area contributed by atoms with Gasteiger partial charge in [0.2, 0.25) is 0 Å². The number of rotatable bonds is 3. The monoisotopic (exact) mass is 656 g/mol. The van der Waals surface area contributed by atoms with E-state index in [1.165, 1.54) is 21.9 Å². The van der Waals surface area contributed by atoms with Gasteiger partial charge in [0.05, 0.1) is 28.8 Å². The molecular weight excluding hydrogens is 625 g/mol. The summed E-state index contributed by atoms with van der Waals surface area (Å²) >= 11 is 0. The molecule has 51 heavy (non-hydrogen) atoms. The summed E-state index contributed by atoms with van der Waals surface area (Å²) in [5.41, 5.74) is 11.6. The van der Waals surface area contributed by atoms with E-state index in [1.54, 1.807) is 0 Å². The molecule has 3 heterocycles. The molecular formula is C47H32N2O2. The number of aromatic nitrogens is 2. The van der Waals surface area contributed by atoms with Gasteiger partial charge < -0.3 is 9.15 Å². The molecule has 6 aromatic carbocycles. The number of fused-ring (bicyclic) bond motifs is 13. The van der Waals surface area contributed by atoms with Crippen molar-refractivity contribution in [2.45, 2.75) is 25.4 Å². The molecule has 3 atom stereocenters. The van der Waals surface area contributed by atoms with Crippen LogP contribution in [0.1, 0.15) is 36.0 Å². The molecule has 0 spiro atoms. The molecule has 2 aliphatic carbocycles. The number of furan rings is 1. The summed E-state index contributed by atoms with van der Waals surface area (Å²) in [4.78, 5) is 10.3. The van der Waals surface area contributed by atoms with Crippen molar-refractivity contribution in [1.29, 1.82) is 0 Å². The van der Waals surface area contributed by atoms with Crippen LogP contribution in [0, 0.1) is 5.92 Å². The highest BCUT2D eigenvalue weighted by Crippen LogP contribution is 2.52. The first-order valence-electron chi connectivity index (χ1n) is 17.8. The van der Waals surface area contributed by atoms with Crippen LogP contribution < -0.4 is 4.74 Å². The molecule has 0 saturated carbocycles. The quantitative estimate of drug-likeness (QED) is 0.178. The van der Waals surface area contributed by atoms with Crippen LogP contribution >= 0.6 is 0 Å². The predicted molar refractivity (Wildman–Crippen MR) is 209 cm³/mol. The molecule has 0 fully saturated rings. The molecule has 0 bridgehead atoms. The third kappa shape index (κ3) is 4.26. The van der Waals surface area contributed by atoms with E-state index in [1.807, 2.05) is 12.3 Å². The minimum atomic E-state index is -0.0353. The molecule has 0 radical (unpaired) electrons. The second kappa shape index (κ2) is 10.9. The molecule has 3 aliphatic rings. The van der Waals surface area contributed by atoms with E-state index < -0.39 is 0 Å². The van der Waals surface area contributed by atoms with E-state index in [-0.39, 0.29) is 12.0 Å². The number of benzene rings is 6. The van der Waals surface area contributed by atoms with Gasteiger partial charge in [-0.05, 0) is 64.1 Å². The maximum Gasteiger partial charge on any atom is 0.143 e. The van der Waals surface area contributed by atoms with Gasteiger partial charge in [0.25, 0.3) is 0 Å². The van der Waals surface area contributed by atoms with E-state index in [0.29, 0.717) is 5.92 Å². The Bertz CT molecular complexity index is 2870. The summed E-state index contributed by atoms with van der Waals surface area (Å²) in [5, 5.41) is 6.93. The number of ether oxygens (including phenoxy) is 1. The molecule has 0 amide bonds. The number of allylic oxidation sites excluding steroid dienone is 6. The van der Waals surface area contributed by atoms with Crippen LogP contribution in [-0.2, 0) is 0 Å². The molecule has 1 aliphatic heterocycles. The molecule has 4 nitrogen and oxygen atoms in total. The van der Waals surface area contributed by atoms with Crippen molar-refractivity contribution in [2.75, 3.05) is 0 Å². The standard InChI is InChI=1S/C47H32N2O2/c1-27-21-22-29(24-37(27)39-25-38-33-15-6-8-19-41(33)50-46(38)43-36-18-7-9-20-42(36)51-47(39)43)28-11-10-12-30(23-28)40-26-48-44-34-16-4-2-13-31(34)32-14-3-5-17-35(32)45(44)49-40/h2-20,22-27,36,42H,21H2,1H3. The van der Waals surface area contributed by atoms with E-state index in [4.69, 9.17) is 19.1 Å². The number of hydrogen-bond acceptors (Lipinski definition) is 4.